The zero-order valence-corrected chi connectivity index (χ0v) is 18.5. The lowest BCUT2D eigenvalue weighted by molar-refractivity contribution is 0.0236. The summed E-state index contributed by atoms with van der Waals surface area (Å²) in [4.78, 5) is 14.2. The second kappa shape index (κ2) is 8.58. The molecule has 0 saturated carbocycles. The number of carbonyl (C=O) groups is 1. The van der Waals surface area contributed by atoms with E-state index in [1.54, 1.807) is 17.0 Å². The summed E-state index contributed by atoms with van der Waals surface area (Å²) in [6.45, 7) is 6.31. The van der Waals surface area contributed by atoms with E-state index >= 15 is 0 Å². The third-order valence-corrected chi connectivity index (χ3v) is 6.28. The Morgan fingerprint density at radius 3 is 2.48 bits per heavy atom. The Balaban J connectivity index is 2.31. The van der Waals surface area contributed by atoms with Crippen molar-refractivity contribution in [2.45, 2.75) is 45.1 Å². The lowest BCUT2D eigenvalue weighted by Gasteiger charge is -2.30. The highest BCUT2D eigenvalue weighted by atomic mass is 35.5. The van der Waals surface area contributed by atoms with Crippen LogP contribution in [-0.4, -0.2) is 50.1 Å². The fourth-order valence-corrected chi connectivity index (χ4v) is 4.89. The summed E-state index contributed by atoms with van der Waals surface area (Å²) in [5, 5.41) is 0.907. The molecule has 2 unspecified atom stereocenters. The molecule has 1 amide bonds. The van der Waals surface area contributed by atoms with Crippen molar-refractivity contribution in [2.75, 3.05) is 25.1 Å². The van der Waals surface area contributed by atoms with E-state index < -0.39 is 21.5 Å². The van der Waals surface area contributed by atoms with Gasteiger partial charge in [-0.3, -0.25) is 0 Å². The number of carbonyl (C=O) groups excluding carboxylic acids is 1. The normalized spacial score (nSPS) is 21.6. The second-order valence-electron chi connectivity index (χ2n) is 8.20. The standard InChI is InChI=1S/C19H27Cl2NO4S/c1-19(2,3)26-18(23)22-9-5-6-15(14(11-22)12-27(4,24)25)13-7-8-16(20)17(21)10-13/h7-8,10,14-15H,5-6,9,11-12H2,1-4H3. The number of rotatable bonds is 3. The molecule has 1 heterocycles. The molecule has 1 saturated heterocycles. The fraction of sp³-hybridized carbons (Fsp3) is 0.632. The second-order valence-corrected chi connectivity index (χ2v) is 11.2. The average Bonchev–Trinajstić information content (AvgIpc) is 2.69. The third-order valence-electron chi connectivity index (χ3n) is 4.51. The maximum absolute atomic E-state index is 12.5. The summed E-state index contributed by atoms with van der Waals surface area (Å²) in [5.41, 5.74) is 0.350. The zero-order valence-electron chi connectivity index (χ0n) is 16.2. The van der Waals surface area contributed by atoms with Gasteiger partial charge in [0, 0.05) is 19.3 Å². The van der Waals surface area contributed by atoms with Gasteiger partial charge in [0.1, 0.15) is 15.4 Å². The lowest BCUT2D eigenvalue weighted by Crippen LogP contribution is -2.40. The summed E-state index contributed by atoms with van der Waals surface area (Å²) in [6, 6.07) is 5.41. The van der Waals surface area contributed by atoms with E-state index in [9.17, 15) is 13.2 Å². The first-order chi connectivity index (χ1) is 12.4. The van der Waals surface area contributed by atoms with Crippen molar-refractivity contribution in [3.8, 4) is 0 Å². The monoisotopic (exact) mass is 435 g/mol. The molecule has 1 fully saturated rings. The number of ether oxygens (including phenoxy) is 1. The number of amides is 1. The molecule has 0 radical (unpaired) electrons. The van der Waals surface area contributed by atoms with Gasteiger partial charge in [0.05, 0.1) is 15.8 Å². The first kappa shape index (κ1) is 22.3. The first-order valence-electron chi connectivity index (χ1n) is 8.96. The van der Waals surface area contributed by atoms with Crippen LogP contribution in [0, 0.1) is 5.92 Å². The minimum atomic E-state index is -3.22. The van der Waals surface area contributed by atoms with Crippen LogP contribution in [-0.2, 0) is 14.6 Å². The third kappa shape index (κ3) is 6.84. The van der Waals surface area contributed by atoms with Gasteiger partial charge in [-0.25, -0.2) is 13.2 Å². The van der Waals surface area contributed by atoms with Gasteiger partial charge in [-0.1, -0.05) is 29.3 Å². The highest BCUT2D eigenvalue weighted by molar-refractivity contribution is 7.90. The van der Waals surface area contributed by atoms with Crippen molar-refractivity contribution in [2.24, 2.45) is 5.92 Å². The van der Waals surface area contributed by atoms with Crippen molar-refractivity contribution in [1.82, 2.24) is 4.90 Å². The van der Waals surface area contributed by atoms with Crippen molar-refractivity contribution in [3.05, 3.63) is 33.8 Å². The molecule has 0 spiro atoms. The molecule has 1 aliphatic rings. The Bertz CT molecular complexity index is 789. The summed E-state index contributed by atoms with van der Waals surface area (Å²) in [7, 11) is -3.22. The molecular weight excluding hydrogens is 409 g/mol. The average molecular weight is 436 g/mol. The van der Waals surface area contributed by atoms with E-state index in [0.717, 1.165) is 18.4 Å². The molecule has 0 N–H and O–H groups in total. The lowest BCUT2D eigenvalue weighted by atomic mass is 9.84. The van der Waals surface area contributed by atoms with Crippen LogP contribution in [0.2, 0.25) is 10.0 Å². The fourth-order valence-electron chi connectivity index (χ4n) is 3.47. The van der Waals surface area contributed by atoms with Crippen LogP contribution in [0.25, 0.3) is 0 Å². The Morgan fingerprint density at radius 2 is 1.93 bits per heavy atom. The van der Waals surface area contributed by atoms with Crippen LogP contribution in [0.5, 0.6) is 0 Å². The number of likely N-dealkylation sites (tertiary alicyclic amines) is 1. The summed E-state index contributed by atoms with van der Waals surface area (Å²) in [6.07, 6.45) is 2.33. The minimum Gasteiger partial charge on any atom is -0.444 e. The Kier molecular flexibility index (Phi) is 7.09. The highest BCUT2D eigenvalue weighted by Crippen LogP contribution is 2.36. The molecule has 1 aromatic carbocycles. The molecule has 27 heavy (non-hydrogen) atoms. The molecule has 1 aliphatic heterocycles. The van der Waals surface area contributed by atoms with E-state index in [4.69, 9.17) is 27.9 Å². The van der Waals surface area contributed by atoms with Gasteiger partial charge in [-0.05, 0) is 63.1 Å². The quantitative estimate of drug-likeness (QED) is 0.685. The Labute approximate surface area is 171 Å². The molecule has 152 valence electrons. The van der Waals surface area contributed by atoms with Gasteiger partial charge in [0.15, 0.2) is 0 Å². The van der Waals surface area contributed by atoms with E-state index in [1.165, 1.54) is 6.26 Å². The Hall–Kier alpha value is -0.980. The summed E-state index contributed by atoms with van der Waals surface area (Å²) < 4.78 is 29.6. The van der Waals surface area contributed by atoms with E-state index in [1.807, 2.05) is 26.8 Å². The van der Waals surface area contributed by atoms with E-state index in [0.29, 0.717) is 23.1 Å². The zero-order chi connectivity index (χ0) is 20.4. The van der Waals surface area contributed by atoms with Gasteiger partial charge in [-0.15, -0.1) is 0 Å². The number of benzene rings is 1. The molecule has 5 nitrogen and oxygen atoms in total. The minimum absolute atomic E-state index is 0.00277. The number of hydrogen-bond acceptors (Lipinski definition) is 4. The van der Waals surface area contributed by atoms with Crippen LogP contribution in [0.1, 0.15) is 45.1 Å². The topological polar surface area (TPSA) is 63.7 Å². The Morgan fingerprint density at radius 1 is 1.26 bits per heavy atom. The van der Waals surface area contributed by atoms with Crippen LogP contribution in [0.3, 0.4) is 0 Å². The molecule has 8 heteroatoms. The summed E-state index contributed by atoms with van der Waals surface area (Å²) in [5.74, 6) is -0.272. The van der Waals surface area contributed by atoms with Gasteiger partial charge >= 0.3 is 6.09 Å². The molecular formula is C19H27Cl2NO4S. The van der Waals surface area contributed by atoms with Gasteiger partial charge in [0.2, 0.25) is 0 Å². The van der Waals surface area contributed by atoms with Crippen LogP contribution in [0.4, 0.5) is 4.79 Å². The van der Waals surface area contributed by atoms with Crippen molar-refractivity contribution in [1.29, 1.82) is 0 Å². The van der Waals surface area contributed by atoms with Gasteiger partial charge in [0.25, 0.3) is 0 Å². The molecule has 2 rings (SSSR count). The smallest absolute Gasteiger partial charge is 0.410 e. The van der Waals surface area contributed by atoms with Gasteiger partial charge in [-0.2, -0.15) is 0 Å². The predicted molar refractivity (Wildman–Crippen MR) is 109 cm³/mol. The van der Waals surface area contributed by atoms with Crippen LogP contribution < -0.4 is 0 Å². The first-order valence-corrected chi connectivity index (χ1v) is 11.8. The van der Waals surface area contributed by atoms with Crippen molar-refractivity contribution in [3.63, 3.8) is 0 Å². The maximum atomic E-state index is 12.5. The molecule has 0 aliphatic carbocycles. The molecule has 1 aromatic rings. The van der Waals surface area contributed by atoms with Crippen LogP contribution in [0.15, 0.2) is 18.2 Å². The number of hydrogen-bond donors (Lipinski definition) is 0. The maximum Gasteiger partial charge on any atom is 0.410 e. The highest BCUT2D eigenvalue weighted by Gasteiger charge is 2.34. The molecule has 0 bridgehead atoms. The van der Waals surface area contributed by atoms with E-state index in [2.05, 4.69) is 0 Å². The summed E-state index contributed by atoms with van der Waals surface area (Å²) >= 11 is 12.2. The van der Waals surface area contributed by atoms with Crippen LogP contribution >= 0.6 is 23.2 Å². The molecule has 2 atom stereocenters. The largest absolute Gasteiger partial charge is 0.444 e. The van der Waals surface area contributed by atoms with E-state index in [-0.39, 0.29) is 17.6 Å². The molecule has 0 aromatic heterocycles. The number of halogens is 2. The van der Waals surface area contributed by atoms with Crippen molar-refractivity contribution >= 4 is 39.1 Å². The van der Waals surface area contributed by atoms with Crippen molar-refractivity contribution < 1.29 is 17.9 Å². The predicted octanol–water partition coefficient (Wildman–Crippen LogP) is 4.77. The van der Waals surface area contributed by atoms with Gasteiger partial charge < -0.3 is 9.64 Å². The number of sulfone groups is 1. The SMILES string of the molecule is CC(C)(C)OC(=O)N1CCCC(c2ccc(Cl)c(Cl)c2)C(CS(C)(=O)=O)C1. The number of nitrogens with zero attached hydrogens (tertiary/aromatic N) is 1.